The Bertz CT molecular complexity index is 1730. The standard InChI is InChI=1S/C16H12N2S3.C8H8N2S.C6H8S.5C2H6/c1-9-3-7-13(19-9)11-5-6-12(14-8-4-10(2)20-14)16-15(11)17-21-18-16;1-5-3-4-6(2)8-7(5)9-11-10-8;1-5-3-4-6(2)7-5;5*1-2/h3-8H,1-2H3;3-4H,1-2H3;3-4H,1-2H3;5*1-2H3. The van der Waals surface area contributed by atoms with E-state index in [2.05, 4.69) is 120 Å². The van der Waals surface area contributed by atoms with Crippen molar-refractivity contribution in [2.45, 2.75) is 111 Å². The molecule has 268 valence electrons. The van der Waals surface area contributed by atoms with E-state index in [1.54, 1.807) is 22.7 Å². The summed E-state index contributed by atoms with van der Waals surface area (Å²) in [5.41, 5.74) is 8.93. The molecule has 0 amide bonds. The van der Waals surface area contributed by atoms with E-state index in [9.17, 15) is 0 Å². The van der Waals surface area contributed by atoms with Gasteiger partial charge in [0.25, 0.3) is 0 Å². The Kier molecular flexibility index (Phi) is 24.6. The number of aromatic nitrogens is 4. The molecule has 0 unspecified atom stereocenters. The zero-order valence-electron chi connectivity index (χ0n) is 32.6. The van der Waals surface area contributed by atoms with E-state index in [1.165, 1.54) is 75.0 Å². The minimum Gasteiger partial charge on any atom is -0.173 e. The molecule has 0 spiro atoms. The second kappa shape index (κ2) is 26.1. The van der Waals surface area contributed by atoms with E-state index in [1.807, 2.05) is 80.6 Å². The minimum absolute atomic E-state index is 1.02. The average molecular weight is 755 g/mol. The van der Waals surface area contributed by atoms with Crippen LogP contribution in [0.1, 0.15) is 99.9 Å². The summed E-state index contributed by atoms with van der Waals surface area (Å²) in [6.45, 7) is 32.6. The van der Waals surface area contributed by atoms with Crippen molar-refractivity contribution in [2.75, 3.05) is 0 Å². The monoisotopic (exact) mass is 754 g/mol. The number of nitrogens with zero attached hydrogens (tertiary/aromatic N) is 4. The van der Waals surface area contributed by atoms with Crippen molar-refractivity contribution in [1.82, 2.24) is 17.5 Å². The predicted octanol–water partition coefficient (Wildman–Crippen LogP) is 15.6. The molecular weight excluding hydrogens is 697 g/mol. The van der Waals surface area contributed by atoms with Gasteiger partial charge in [-0.15, -0.1) is 34.0 Å². The molecule has 2 aromatic carbocycles. The summed E-state index contributed by atoms with van der Waals surface area (Å²) in [7, 11) is 0. The fourth-order valence-corrected chi connectivity index (χ4v) is 7.90. The second-order valence-electron chi connectivity index (χ2n) is 9.26. The van der Waals surface area contributed by atoms with Gasteiger partial charge in [0, 0.05) is 40.4 Å². The van der Waals surface area contributed by atoms with Crippen molar-refractivity contribution in [3.8, 4) is 20.9 Å². The van der Waals surface area contributed by atoms with Crippen LogP contribution in [0.2, 0.25) is 0 Å². The normalized spacial score (nSPS) is 9.22. The molecular formula is C40H58N4S5. The Morgan fingerprint density at radius 1 is 0.327 bits per heavy atom. The first-order valence-corrected chi connectivity index (χ1v) is 21.3. The molecule has 5 heterocycles. The Hall–Kier alpha value is -2.82. The lowest BCUT2D eigenvalue weighted by molar-refractivity contribution is 1.42. The van der Waals surface area contributed by atoms with Crippen LogP contribution in [0.15, 0.2) is 60.7 Å². The molecule has 0 N–H and O–H groups in total. The molecule has 7 aromatic rings. The van der Waals surface area contributed by atoms with Gasteiger partial charge in [0.05, 0.1) is 23.5 Å². The van der Waals surface area contributed by atoms with Crippen LogP contribution in [-0.4, -0.2) is 17.5 Å². The summed E-state index contributed by atoms with van der Waals surface area (Å²) in [6, 6.07) is 21.5. The summed E-state index contributed by atoms with van der Waals surface area (Å²) in [5, 5.41) is 0. The van der Waals surface area contributed by atoms with Crippen molar-refractivity contribution in [2.24, 2.45) is 0 Å². The van der Waals surface area contributed by atoms with Crippen molar-refractivity contribution in [3.05, 3.63) is 91.3 Å². The molecule has 0 aliphatic carbocycles. The molecule has 0 saturated heterocycles. The number of thiophene rings is 3. The van der Waals surface area contributed by atoms with E-state index in [-0.39, 0.29) is 0 Å². The molecule has 5 aromatic heterocycles. The Morgan fingerprint density at radius 2 is 0.612 bits per heavy atom. The molecule has 0 fully saturated rings. The summed E-state index contributed by atoms with van der Waals surface area (Å²) in [5.74, 6) is 0. The lowest BCUT2D eigenvalue weighted by atomic mass is 10.1. The van der Waals surface area contributed by atoms with E-state index in [0.29, 0.717) is 0 Å². The van der Waals surface area contributed by atoms with Crippen molar-refractivity contribution >= 4 is 79.5 Å². The van der Waals surface area contributed by atoms with Gasteiger partial charge in [-0.3, -0.25) is 0 Å². The van der Waals surface area contributed by atoms with Crippen LogP contribution in [-0.2, 0) is 0 Å². The molecule has 49 heavy (non-hydrogen) atoms. The van der Waals surface area contributed by atoms with Gasteiger partial charge < -0.3 is 0 Å². The lowest BCUT2D eigenvalue weighted by Gasteiger charge is -2.03. The average Bonchev–Trinajstić information content (AvgIpc) is 4.00. The van der Waals surface area contributed by atoms with Gasteiger partial charge in [-0.25, -0.2) is 0 Å². The van der Waals surface area contributed by atoms with Crippen molar-refractivity contribution < 1.29 is 0 Å². The van der Waals surface area contributed by atoms with Gasteiger partial charge >= 0.3 is 0 Å². The van der Waals surface area contributed by atoms with Crippen LogP contribution in [0.25, 0.3) is 42.9 Å². The third kappa shape index (κ3) is 13.8. The number of hydrogen-bond donors (Lipinski definition) is 0. The van der Waals surface area contributed by atoms with Crippen molar-refractivity contribution in [3.63, 3.8) is 0 Å². The van der Waals surface area contributed by atoms with Gasteiger partial charge in [0.2, 0.25) is 0 Å². The maximum absolute atomic E-state index is 4.54. The Labute approximate surface area is 318 Å². The van der Waals surface area contributed by atoms with Gasteiger partial charge in [0.15, 0.2) is 0 Å². The molecule has 0 atom stereocenters. The molecule has 0 bridgehead atoms. The first kappa shape index (κ1) is 46.2. The highest BCUT2D eigenvalue weighted by Gasteiger charge is 2.15. The second-order valence-corrected chi connectivity index (χ2v) is 14.4. The van der Waals surface area contributed by atoms with E-state index < -0.39 is 0 Å². The fraction of sp³-hybridized carbons (Fsp3) is 0.400. The van der Waals surface area contributed by atoms with Crippen LogP contribution in [0.4, 0.5) is 0 Å². The summed E-state index contributed by atoms with van der Waals surface area (Å²) < 4.78 is 17.5. The van der Waals surface area contributed by atoms with Crippen LogP contribution in [0, 0.1) is 41.5 Å². The van der Waals surface area contributed by atoms with Crippen molar-refractivity contribution in [1.29, 1.82) is 0 Å². The number of benzene rings is 2. The van der Waals surface area contributed by atoms with Crippen LogP contribution < -0.4 is 0 Å². The van der Waals surface area contributed by atoms with Gasteiger partial charge in [0.1, 0.15) is 22.1 Å². The molecule has 0 radical (unpaired) electrons. The predicted molar refractivity (Wildman–Crippen MR) is 231 cm³/mol. The number of aryl methyl sites for hydroxylation is 6. The topological polar surface area (TPSA) is 51.6 Å². The summed E-state index contributed by atoms with van der Waals surface area (Å²) >= 11 is 8.03. The number of fused-ring (bicyclic) bond motifs is 2. The van der Waals surface area contributed by atoms with Gasteiger partial charge in [-0.05, 0) is 89.1 Å². The Balaban J connectivity index is 0.000000694. The molecule has 0 aliphatic heterocycles. The van der Waals surface area contributed by atoms with Gasteiger partial charge in [-0.1, -0.05) is 93.5 Å². The molecule has 9 heteroatoms. The SMILES string of the molecule is CC.CC.CC.CC.CC.Cc1ccc(-c2ccc(-c3ccc(C)s3)c3nsnc23)s1.Cc1ccc(C)c2nsnc12.Cc1ccc(C)s1. The smallest absolute Gasteiger partial charge is 0.114 e. The first-order chi connectivity index (χ1) is 23.8. The molecule has 4 nitrogen and oxygen atoms in total. The van der Waals surface area contributed by atoms with E-state index in [4.69, 9.17) is 0 Å². The zero-order valence-corrected chi connectivity index (χ0v) is 36.7. The van der Waals surface area contributed by atoms with E-state index in [0.717, 1.165) is 22.1 Å². The quantitative estimate of drug-likeness (QED) is 0.176. The zero-order chi connectivity index (χ0) is 37.5. The Morgan fingerprint density at radius 3 is 0.878 bits per heavy atom. The van der Waals surface area contributed by atoms with Crippen LogP contribution in [0.5, 0.6) is 0 Å². The largest absolute Gasteiger partial charge is 0.173 e. The van der Waals surface area contributed by atoms with Crippen LogP contribution >= 0.6 is 57.5 Å². The fourth-order valence-electron chi connectivity index (χ4n) is 4.09. The molecule has 0 aliphatic rings. The third-order valence-electron chi connectivity index (χ3n) is 6.12. The highest BCUT2D eigenvalue weighted by Crippen LogP contribution is 2.39. The summed E-state index contributed by atoms with van der Waals surface area (Å²) in [4.78, 5) is 7.96. The molecule has 0 saturated carbocycles. The highest BCUT2D eigenvalue weighted by atomic mass is 32.1. The maximum atomic E-state index is 4.54. The van der Waals surface area contributed by atoms with E-state index >= 15 is 0 Å². The maximum Gasteiger partial charge on any atom is 0.114 e. The lowest BCUT2D eigenvalue weighted by Crippen LogP contribution is -1.81. The first-order valence-electron chi connectivity index (χ1n) is 17.4. The molecule has 7 rings (SSSR count). The minimum atomic E-state index is 1.02. The summed E-state index contributed by atoms with van der Waals surface area (Å²) in [6.07, 6.45) is 0. The van der Waals surface area contributed by atoms with Gasteiger partial charge in [-0.2, -0.15) is 17.5 Å². The van der Waals surface area contributed by atoms with Crippen LogP contribution in [0.3, 0.4) is 0 Å². The number of hydrogen-bond acceptors (Lipinski definition) is 9. The highest BCUT2D eigenvalue weighted by molar-refractivity contribution is 7.16. The number of rotatable bonds is 2. The third-order valence-corrected chi connectivity index (χ3v) is 10.2.